The number of carboxylic acid groups (broad SMARTS) is 1. The average molecular weight is 478 g/mol. The second kappa shape index (κ2) is 7.54. The van der Waals surface area contributed by atoms with Crippen molar-refractivity contribution in [1.29, 1.82) is 0 Å². The maximum absolute atomic E-state index is 12.6. The van der Waals surface area contributed by atoms with E-state index in [9.17, 15) is 14.7 Å². The number of hydrogen-bond donors (Lipinski definition) is 2. The number of carbonyl (C=O) groups excluding carboxylic acids is 1. The molecule has 0 heterocycles. The number of nitrogens with one attached hydrogen (secondary N) is 1. The fourth-order valence-electron chi connectivity index (χ4n) is 4.61. The number of carboxylic acids is 1. The third-order valence-electron chi connectivity index (χ3n) is 6.28. The van der Waals surface area contributed by atoms with Gasteiger partial charge in [-0.1, -0.05) is 76.6 Å². The first-order chi connectivity index (χ1) is 15.0. The van der Waals surface area contributed by atoms with Crippen LogP contribution in [0.25, 0.3) is 11.1 Å². The Hall–Kier alpha value is -3.12. The number of aliphatic carboxylic acids is 1. The van der Waals surface area contributed by atoms with E-state index in [4.69, 9.17) is 4.74 Å². The van der Waals surface area contributed by atoms with Gasteiger partial charge in [0.2, 0.25) is 0 Å². The van der Waals surface area contributed by atoms with Crippen molar-refractivity contribution < 1.29 is 19.4 Å². The fraction of sp³-hybridized carbons (Fsp3) is 0.200. The number of amides is 1. The maximum Gasteiger partial charge on any atom is 0.408 e. The van der Waals surface area contributed by atoms with E-state index in [0.717, 1.165) is 32.3 Å². The molecule has 0 bridgehead atoms. The number of hydrogen-bond acceptors (Lipinski definition) is 3. The van der Waals surface area contributed by atoms with E-state index < -0.39 is 17.6 Å². The van der Waals surface area contributed by atoms with E-state index >= 15 is 0 Å². The Balaban J connectivity index is 1.30. The van der Waals surface area contributed by atoms with Crippen molar-refractivity contribution in [1.82, 2.24) is 5.32 Å². The van der Waals surface area contributed by atoms with Crippen LogP contribution in [0.15, 0.2) is 77.3 Å². The van der Waals surface area contributed by atoms with Gasteiger partial charge in [0.25, 0.3) is 0 Å². The number of alkyl carbamates (subject to hydrolysis) is 1. The summed E-state index contributed by atoms with van der Waals surface area (Å²) in [6, 6.07) is 23.7. The molecule has 156 valence electrons. The molecule has 0 spiro atoms. The molecule has 31 heavy (non-hydrogen) atoms. The molecule has 1 saturated carbocycles. The average Bonchev–Trinajstić information content (AvgIpc) is 3.41. The van der Waals surface area contributed by atoms with Gasteiger partial charge in [-0.3, -0.25) is 0 Å². The van der Waals surface area contributed by atoms with Gasteiger partial charge in [0.15, 0.2) is 0 Å². The molecule has 1 fully saturated rings. The number of benzene rings is 3. The SMILES string of the molecule is O=C(NC1(C(=O)O)CC1c1ccc(Br)cc1)OCC1c2ccccc2-c2ccccc21. The van der Waals surface area contributed by atoms with Crippen molar-refractivity contribution in [2.45, 2.75) is 23.8 Å². The zero-order valence-corrected chi connectivity index (χ0v) is 18.1. The van der Waals surface area contributed by atoms with Crippen LogP contribution in [-0.4, -0.2) is 29.3 Å². The fourth-order valence-corrected chi connectivity index (χ4v) is 4.87. The van der Waals surface area contributed by atoms with Gasteiger partial charge in [-0.2, -0.15) is 0 Å². The van der Waals surface area contributed by atoms with Gasteiger partial charge in [-0.25, -0.2) is 9.59 Å². The second-order valence-electron chi connectivity index (χ2n) is 8.04. The number of halogens is 1. The summed E-state index contributed by atoms with van der Waals surface area (Å²) in [5, 5.41) is 12.4. The first-order valence-electron chi connectivity index (χ1n) is 10.1. The van der Waals surface area contributed by atoms with E-state index in [1.54, 1.807) is 0 Å². The quantitative estimate of drug-likeness (QED) is 0.522. The van der Waals surface area contributed by atoms with Gasteiger partial charge < -0.3 is 15.2 Å². The molecule has 1 amide bonds. The largest absolute Gasteiger partial charge is 0.479 e. The van der Waals surface area contributed by atoms with E-state index in [1.807, 2.05) is 60.7 Å². The van der Waals surface area contributed by atoms with Crippen LogP contribution >= 0.6 is 15.9 Å². The van der Waals surface area contributed by atoms with E-state index in [-0.39, 0.29) is 18.4 Å². The molecule has 2 atom stereocenters. The van der Waals surface area contributed by atoms with Crippen molar-refractivity contribution in [3.05, 3.63) is 94.0 Å². The van der Waals surface area contributed by atoms with Crippen LogP contribution in [0.4, 0.5) is 4.79 Å². The highest BCUT2D eigenvalue weighted by molar-refractivity contribution is 9.10. The van der Waals surface area contributed by atoms with E-state index in [1.165, 1.54) is 0 Å². The lowest BCUT2D eigenvalue weighted by atomic mass is 9.98. The lowest BCUT2D eigenvalue weighted by Gasteiger charge is -2.18. The normalized spacial score (nSPS) is 21.1. The molecule has 3 aromatic carbocycles. The molecule has 0 radical (unpaired) electrons. The molecule has 5 nitrogen and oxygen atoms in total. The van der Waals surface area contributed by atoms with Gasteiger partial charge >= 0.3 is 12.1 Å². The Labute approximate surface area is 188 Å². The molecule has 0 aromatic heterocycles. The van der Waals surface area contributed by atoms with Gasteiger partial charge in [-0.15, -0.1) is 0 Å². The topological polar surface area (TPSA) is 75.6 Å². The lowest BCUT2D eigenvalue weighted by Crippen LogP contribution is -2.45. The van der Waals surface area contributed by atoms with E-state index in [0.29, 0.717) is 6.42 Å². The Kier molecular flexibility index (Phi) is 4.82. The highest BCUT2D eigenvalue weighted by atomic mass is 79.9. The molecule has 5 rings (SSSR count). The summed E-state index contributed by atoms with van der Waals surface area (Å²) in [6.07, 6.45) is -0.363. The highest BCUT2D eigenvalue weighted by Gasteiger charge is 2.62. The standard InChI is InChI=1S/C25H20BrNO4/c26-16-11-9-15(10-12-16)22-13-25(22,23(28)29)27-24(30)31-14-21-19-7-3-1-5-17(19)18-6-2-4-8-20(18)21/h1-12,21-22H,13-14H2,(H,27,30)(H,28,29). The molecule has 0 aliphatic heterocycles. The minimum absolute atomic E-state index is 0.0691. The Morgan fingerprint density at radius 2 is 1.55 bits per heavy atom. The summed E-state index contributed by atoms with van der Waals surface area (Å²) in [6.45, 7) is 0.151. The predicted octanol–water partition coefficient (Wildman–Crippen LogP) is 5.30. The molecule has 2 aliphatic rings. The molecule has 0 saturated heterocycles. The molecule has 2 N–H and O–H groups in total. The van der Waals surface area contributed by atoms with Crippen LogP contribution in [0, 0.1) is 0 Å². The van der Waals surface area contributed by atoms with Crippen molar-refractivity contribution in [3.8, 4) is 11.1 Å². The lowest BCUT2D eigenvalue weighted by molar-refractivity contribution is -0.140. The number of fused-ring (bicyclic) bond motifs is 3. The zero-order valence-electron chi connectivity index (χ0n) is 16.5. The second-order valence-corrected chi connectivity index (χ2v) is 8.95. The maximum atomic E-state index is 12.6. The number of rotatable bonds is 5. The molecule has 2 unspecified atom stereocenters. The van der Waals surface area contributed by atoms with Crippen LogP contribution in [0.5, 0.6) is 0 Å². The summed E-state index contributed by atoms with van der Waals surface area (Å²) in [5.41, 5.74) is 4.08. The summed E-state index contributed by atoms with van der Waals surface area (Å²) in [5.74, 6) is -1.40. The third kappa shape index (κ3) is 3.41. The predicted molar refractivity (Wildman–Crippen MR) is 120 cm³/mol. The van der Waals surface area contributed by atoms with Crippen LogP contribution < -0.4 is 5.32 Å². The first kappa shape index (κ1) is 19.8. The Morgan fingerprint density at radius 3 is 2.13 bits per heavy atom. The molecule has 6 heteroatoms. The number of ether oxygens (including phenoxy) is 1. The Morgan fingerprint density at radius 1 is 0.968 bits per heavy atom. The van der Waals surface area contributed by atoms with Crippen LogP contribution in [0.2, 0.25) is 0 Å². The van der Waals surface area contributed by atoms with Crippen molar-refractivity contribution in [3.63, 3.8) is 0 Å². The first-order valence-corrected chi connectivity index (χ1v) is 10.9. The minimum atomic E-state index is -1.32. The summed E-state index contributed by atoms with van der Waals surface area (Å²) in [4.78, 5) is 24.6. The number of carbonyl (C=O) groups is 2. The van der Waals surface area contributed by atoms with Crippen molar-refractivity contribution >= 4 is 28.0 Å². The van der Waals surface area contributed by atoms with Gasteiger partial charge in [0.1, 0.15) is 12.1 Å². The van der Waals surface area contributed by atoms with Crippen molar-refractivity contribution in [2.24, 2.45) is 0 Å². The van der Waals surface area contributed by atoms with Crippen molar-refractivity contribution in [2.75, 3.05) is 6.61 Å². The molecular weight excluding hydrogens is 458 g/mol. The summed E-state index contributed by atoms with van der Waals surface area (Å²) >= 11 is 3.38. The molecule has 2 aliphatic carbocycles. The van der Waals surface area contributed by atoms with Crippen LogP contribution in [0.1, 0.15) is 34.9 Å². The molecular formula is C25H20BrNO4. The van der Waals surface area contributed by atoms with Gasteiger partial charge in [-0.05, 0) is 46.4 Å². The van der Waals surface area contributed by atoms with E-state index in [2.05, 4.69) is 33.4 Å². The smallest absolute Gasteiger partial charge is 0.408 e. The monoisotopic (exact) mass is 477 g/mol. The third-order valence-corrected chi connectivity index (χ3v) is 6.81. The molecule has 3 aromatic rings. The van der Waals surface area contributed by atoms with Crippen LogP contribution in [-0.2, 0) is 9.53 Å². The van der Waals surface area contributed by atoms with Gasteiger partial charge in [0, 0.05) is 16.3 Å². The van der Waals surface area contributed by atoms with Crippen LogP contribution in [0.3, 0.4) is 0 Å². The minimum Gasteiger partial charge on any atom is -0.479 e. The highest BCUT2D eigenvalue weighted by Crippen LogP contribution is 2.52. The van der Waals surface area contributed by atoms with Gasteiger partial charge in [0.05, 0.1) is 0 Å². The zero-order chi connectivity index (χ0) is 21.6. The summed E-state index contributed by atoms with van der Waals surface area (Å²) in [7, 11) is 0. The Bertz CT molecular complexity index is 1130. The summed E-state index contributed by atoms with van der Waals surface area (Å²) < 4.78 is 6.47.